The van der Waals surface area contributed by atoms with Gasteiger partial charge in [-0.15, -0.1) is 0 Å². The first-order chi connectivity index (χ1) is 7.15. The van der Waals surface area contributed by atoms with Gasteiger partial charge in [0.15, 0.2) is 0 Å². The highest BCUT2D eigenvalue weighted by atomic mass is 16.4. The van der Waals surface area contributed by atoms with Gasteiger partial charge in [-0.1, -0.05) is 13.3 Å². The van der Waals surface area contributed by atoms with E-state index in [-0.39, 0.29) is 5.56 Å². The lowest BCUT2D eigenvalue weighted by atomic mass is 10.2. The zero-order valence-corrected chi connectivity index (χ0v) is 9.19. The van der Waals surface area contributed by atoms with E-state index in [0.717, 1.165) is 19.4 Å². The number of carboxylic acid groups (broad SMARTS) is 1. The molecular weight excluding hydrogens is 194 g/mol. The summed E-state index contributed by atoms with van der Waals surface area (Å²) in [6, 6.07) is 1.49. The van der Waals surface area contributed by atoms with Gasteiger partial charge in [-0.3, -0.25) is 4.90 Å². The van der Waals surface area contributed by atoms with Crippen molar-refractivity contribution in [2.75, 3.05) is 13.6 Å². The van der Waals surface area contributed by atoms with Crippen LogP contribution in [0, 0.1) is 0 Å². The van der Waals surface area contributed by atoms with Gasteiger partial charge in [-0.25, -0.2) is 4.79 Å². The molecule has 0 saturated heterocycles. The summed E-state index contributed by atoms with van der Waals surface area (Å²) < 4.78 is 5.15. The summed E-state index contributed by atoms with van der Waals surface area (Å²) in [5.74, 6) is -0.399. The zero-order chi connectivity index (χ0) is 11.3. The van der Waals surface area contributed by atoms with Crippen LogP contribution in [0.5, 0.6) is 0 Å². The number of nitrogens with zero attached hydrogens (tertiary/aromatic N) is 1. The molecular formula is C11H17NO3. The molecule has 0 aliphatic carbocycles. The van der Waals surface area contributed by atoms with Crippen LogP contribution < -0.4 is 0 Å². The summed E-state index contributed by atoms with van der Waals surface area (Å²) in [6.07, 6.45) is 3.67. The van der Waals surface area contributed by atoms with Crippen molar-refractivity contribution in [1.82, 2.24) is 4.90 Å². The standard InChI is InChI=1S/C11H17NO3/c1-3-4-6-12(2)8-10-9(11(13)14)5-7-15-10/h5,7H,3-4,6,8H2,1-2H3,(H,13,14). The Morgan fingerprint density at radius 3 is 2.93 bits per heavy atom. The molecule has 4 heteroatoms. The van der Waals surface area contributed by atoms with Crippen LogP contribution in [0.1, 0.15) is 35.9 Å². The Kier molecular flexibility index (Phi) is 4.37. The normalized spacial score (nSPS) is 10.9. The van der Waals surface area contributed by atoms with E-state index in [0.29, 0.717) is 12.3 Å². The third-order valence-corrected chi connectivity index (χ3v) is 2.28. The lowest BCUT2D eigenvalue weighted by Gasteiger charge is -2.14. The van der Waals surface area contributed by atoms with Crippen molar-refractivity contribution in [2.45, 2.75) is 26.3 Å². The molecule has 15 heavy (non-hydrogen) atoms. The molecule has 1 aromatic heterocycles. The Morgan fingerprint density at radius 2 is 2.33 bits per heavy atom. The second kappa shape index (κ2) is 5.56. The third-order valence-electron chi connectivity index (χ3n) is 2.28. The molecule has 1 N–H and O–H groups in total. The largest absolute Gasteiger partial charge is 0.478 e. The minimum absolute atomic E-state index is 0.262. The topological polar surface area (TPSA) is 53.7 Å². The average molecular weight is 211 g/mol. The summed E-state index contributed by atoms with van der Waals surface area (Å²) in [6.45, 7) is 3.63. The summed E-state index contributed by atoms with van der Waals surface area (Å²) in [4.78, 5) is 12.9. The number of carbonyl (C=O) groups is 1. The number of rotatable bonds is 6. The number of unbranched alkanes of at least 4 members (excludes halogenated alkanes) is 1. The Morgan fingerprint density at radius 1 is 1.60 bits per heavy atom. The minimum atomic E-state index is -0.928. The second-order valence-corrected chi connectivity index (χ2v) is 3.65. The van der Waals surface area contributed by atoms with Crippen molar-refractivity contribution in [3.63, 3.8) is 0 Å². The lowest BCUT2D eigenvalue weighted by molar-refractivity contribution is 0.0693. The first kappa shape index (κ1) is 11.8. The van der Waals surface area contributed by atoms with Gasteiger partial charge in [0.1, 0.15) is 11.3 Å². The Labute approximate surface area is 89.5 Å². The first-order valence-electron chi connectivity index (χ1n) is 5.13. The molecule has 0 saturated carbocycles. The van der Waals surface area contributed by atoms with Crippen LogP contribution in [0.3, 0.4) is 0 Å². The van der Waals surface area contributed by atoms with Crippen molar-refractivity contribution >= 4 is 5.97 Å². The van der Waals surface area contributed by atoms with Gasteiger partial charge in [0.25, 0.3) is 0 Å². The molecule has 0 amide bonds. The Balaban J connectivity index is 2.56. The van der Waals surface area contributed by atoms with Gasteiger partial charge in [0, 0.05) is 0 Å². The van der Waals surface area contributed by atoms with Gasteiger partial charge in [-0.05, 0) is 26.1 Å². The molecule has 0 radical (unpaired) electrons. The van der Waals surface area contributed by atoms with Crippen LogP contribution in [0.15, 0.2) is 16.7 Å². The van der Waals surface area contributed by atoms with Gasteiger partial charge in [0.05, 0.1) is 12.8 Å². The number of hydrogen-bond acceptors (Lipinski definition) is 3. The predicted octanol–water partition coefficient (Wildman–Crippen LogP) is 2.21. The first-order valence-corrected chi connectivity index (χ1v) is 5.13. The van der Waals surface area contributed by atoms with E-state index >= 15 is 0 Å². The van der Waals surface area contributed by atoms with Crippen LogP contribution in [-0.2, 0) is 6.54 Å². The van der Waals surface area contributed by atoms with E-state index in [1.54, 1.807) is 0 Å². The van der Waals surface area contributed by atoms with Crippen LogP contribution in [0.25, 0.3) is 0 Å². The van der Waals surface area contributed by atoms with Crippen molar-refractivity contribution in [2.24, 2.45) is 0 Å². The number of hydrogen-bond donors (Lipinski definition) is 1. The quantitative estimate of drug-likeness (QED) is 0.783. The van der Waals surface area contributed by atoms with E-state index in [1.807, 2.05) is 7.05 Å². The number of furan rings is 1. The molecule has 0 aliphatic heterocycles. The Bertz CT molecular complexity index is 319. The van der Waals surface area contributed by atoms with Crippen LogP contribution in [0.2, 0.25) is 0 Å². The van der Waals surface area contributed by atoms with Crippen molar-refractivity contribution in [3.8, 4) is 0 Å². The SMILES string of the molecule is CCCCN(C)Cc1occc1C(=O)O. The van der Waals surface area contributed by atoms with Gasteiger partial charge in [-0.2, -0.15) is 0 Å². The summed E-state index contributed by atoms with van der Waals surface area (Å²) in [5.41, 5.74) is 0.262. The molecule has 84 valence electrons. The van der Waals surface area contributed by atoms with E-state index in [2.05, 4.69) is 11.8 Å². The van der Waals surface area contributed by atoms with E-state index in [4.69, 9.17) is 9.52 Å². The third kappa shape index (κ3) is 3.40. The lowest BCUT2D eigenvalue weighted by Crippen LogP contribution is -2.19. The average Bonchev–Trinajstić information content (AvgIpc) is 2.62. The molecule has 1 rings (SSSR count). The number of aromatic carboxylic acids is 1. The van der Waals surface area contributed by atoms with Crippen LogP contribution in [0.4, 0.5) is 0 Å². The highest BCUT2D eigenvalue weighted by molar-refractivity contribution is 5.88. The van der Waals surface area contributed by atoms with E-state index in [9.17, 15) is 4.79 Å². The molecule has 0 bridgehead atoms. The second-order valence-electron chi connectivity index (χ2n) is 3.65. The fourth-order valence-corrected chi connectivity index (χ4v) is 1.41. The molecule has 0 aromatic carbocycles. The monoisotopic (exact) mass is 211 g/mol. The Hall–Kier alpha value is -1.29. The molecule has 1 heterocycles. The van der Waals surface area contributed by atoms with Crippen LogP contribution in [-0.4, -0.2) is 29.6 Å². The molecule has 0 unspecified atom stereocenters. The predicted molar refractivity (Wildman–Crippen MR) is 56.9 cm³/mol. The molecule has 4 nitrogen and oxygen atoms in total. The van der Waals surface area contributed by atoms with Gasteiger partial charge in [0.2, 0.25) is 0 Å². The summed E-state index contributed by atoms with van der Waals surface area (Å²) in [7, 11) is 1.96. The van der Waals surface area contributed by atoms with E-state index in [1.165, 1.54) is 12.3 Å². The van der Waals surface area contributed by atoms with Gasteiger partial charge < -0.3 is 9.52 Å². The highest BCUT2D eigenvalue weighted by Gasteiger charge is 2.14. The molecule has 0 fully saturated rings. The van der Waals surface area contributed by atoms with E-state index < -0.39 is 5.97 Å². The van der Waals surface area contributed by atoms with Crippen molar-refractivity contribution in [3.05, 3.63) is 23.7 Å². The molecule has 0 aliphatic rings. The van der Waals surface area contributed by atoms with Crippen molar-refractivity contribution < 1.29 is 14.3 Å². The summed E-state index contributed by atoms with van der Waals surface area (Å²) in [5, 5.41) is 8.86. The fraction of sp³-hybridized carbons (Fsp3) is 0.545. The number of carboxylic acids is 1. The summed E-state index contributed by atoms with van der Waals surface area (Å²) >= 11 is 0. The van der Waals surface area contributed by atoms with Crippen molar-refractivity contribution in [1.29, 1.82) is 0 Å². The maximum Gasteiger partial charge on any atom is 0.339 e. The smallest absolute Gasteiger partial charge is 0.339 e. The fourth-order valence-electron chi connectivity index (χ4n) is 1.41. The maximum absolute atomic E-state index is 10.8. The zero-order valence-electron chi connectivity index (χ0n) is 9.19. The molecule has 0 atom stereocenters. The molecule has 1 aromatic rings. The highest BCUT2D eigenvalue weighted by Crippen LogP contribution is 2.12. The van der Waals surface area contributed by atoms with Crippen LogP contribution >= 0.6 is 0 Å². The molecule has 0 spiro atoms. The minimum Gasteiger partial charge on any atom is -0.478 e. The maximum atomic E-state index is 10.8. The van der Waals surface area contributed by atoms with Gasteiger partial charge >= 0.3 is 5.97 Å².